The average Bonchev–Trinajstić information content (AvgIpc) is 2.67. The van der Waals surface area contributed by atoms with Gasteiger partial charge >= 0.3 is 29.8 Å². The second-order valence-electron chi connectivity index (χ2n) is 23.2. The van der Waals surface area contributed by atoms with Gasteiger partial charge in [-0.15, -0.1) is 0 Å². The van der Waals surface area contributed by atoms with Gasteiger partial charge < -0.3 is 43.0 Å². The predicted molar refractivity (Wildman–Crippen MR) is 351 cm³/mol. The van der Waals surface area contributed by atoms with Crippen LogP contribution in [-0.4, -0.2) is 61.4 Å². The third kappa shape index (κ3) is 29.2. The number of aromatic carboxylic acids is 1. The van der Waals surface area contributed by atoms with Crippen LogP contribution in [-0.2, 0) is 0 Å². The standard InChI is InChI=1S/C75H102O14/c1-5-9-13-17-21-25-29-33-49-82-67-47-41-60(55-69(67)84-51-35-31-27-23-19-15-11-7-3)74(80)86-63-43-37-58(38-44-63)72(78)88-65-53-62(71(76)77)54-66(57-65)89-73(79)59-39-45-64(46-40-59)87-75(81)61-42-48-68(83-50-34-30-26-22-18-14-10-6-2)70(56-61)85-52-36-32-28-24-20-16-12-8-4/h37-48,53-57H,5-36,49-52H2,1-4H3,(H,76,77). The van der Waals surface area contributed by atoms with E-state index in [9.17, 15) is 29.1 Å². The minimum atomic E-state index is -1.36. The molecule has 1 N–H and O–H groups in total. The fraction of sp³-hybridized carbons (Fsp3) is 0.533. The Morgan fingerprint density at radius 3 is 0.798 bits per heavy atom. The molecule has 5 aromatic rings. The van der Waals surface area contributed by atoms with E-state index in [0.717, 1.165) is 76.3 Å². The van der Waals surface area contributed by atoms with Crippen molar-refractivity contribution in [1.82, 2.24) is 0 Å². The molecule has 0 bridgehead atoms. The second-order valence-corrected chi connectivity index (χ2v) is 23.2. The Hall–Kier alpha value is -7.35. The van der Waals surface area contributed by atoms with Gasteiger partial charge in [-0.2, -0.15) is 0 Å². The molecule has 14 nitrogen and oxygen atoms in total. The normalized spacial score (nSPS) is 11.0. The van der Waals surface area contributed by atoms with Crippen molar-refractivity contribution < 1.29 is 67.0 Å². The molecule has 0 fully saturated rings. The Bertz CT molecular complexity index is 2640. The number of hydrogen-bond donors (Lipinski definition) is 1. The summed E-state index contributed by atoms with van der Waals surface area (Å²) in [6, 6.07) is 24.9. The fourth-order valence-electron chi connectivity index (χ4n) is 10.2. The molecule has 0 radical (unpaired) electrons. The average molecular weight is 1230 g/mol. The van der Waals surface area contributed by atoms with Crippen molar-refractivity contribution in [2.24, 2.45) is 0 Å². The monoisotopic (exact) mass is 1230 g/mol. The Morgan fingerprint density at radius 1 is 0.258 bits per heavy atom. The van der Waals surface area contributed by atoms with Crippen LogP contribution in [0.5, 0.6) is 46.0 Å². The van der Waals surface area contributed by atoms with Gasteiger partial charge in [0.1, 0.15) is 23.0 Å². The molecule has 0 saturated carbocycles. The number of carbonyl (C=O) groups is 5. The van der Waals surface area contributed by atoms with Crippen molar-refractivity contribution in [3.8, 4) is 46.0 Å². The predicted octanol–water partition coefficient (Wildman–Crippen LogP) is 20.3. The number of carbonyl (C=O) groups excluding carboxylic acids is 4. The van der Waals surface area contributed by atoms with E-state index in [1.807, 2.05) is 0 Å². The summed E-state index contributed by atoms with van der Waals surface area (Å²) >= 11 is 0. The van der Waals surface area contributed by atoms with Crippen LogP contribution in [0, 0.1) is 0 Å². The molecule has 89 heavy (non-hydrogen) atoms. The van der Waals surface area contributed by atoms with Gasteiger partial charge in [-0.25, -0.2) is 24.0 Å². The van der Waals surface area contributed by atoms with E-state index in [2.05, 4.69) is 27.7 Å². The first kappa shape index (κ1) is 72.4. The van der Waals surface area contributed by atoms with E-state index in [0.29, 0.717) is 49.4 Å². The largest absolute Gasteiger partial charge is 0.490 e. The van der Waals surface area contributed by atoms with Crippen molar-refractivity contribution in [3.63, 3.8) is 0 Å². The van der Waals surface area contributed by atoms with E-state index in [1.54, 1.807) is 36.4 Å². The van der Waals surface area contributed by atoms with Crippen molar-refractivity contribution in [1.29, 1.82) is 0 Å². The molecular weight excluding hydrogens is 1120 g/mol. The Balaban J connectivity index is 1.15. The van der Waals surface area contributed by atoms with Gasteiger partial charge in [0.2, 0.25) is 0 Å². The summed E-state index contributed by atoms with van der Waals surface area (Å²) in [6.07, 6.45) is 37.7. The molecule has 5 aromatic carbocycles. The summed E-state index contributed by atoms with van der Waals surface area (Å²) in [4.78, 5) is 66.0. The third-order valence-electron chi connectivity index (χ3n) is 15.5. The number of rotatable bonds is 49. The summed E-state index contributed by atoms with van der Waals surface area (Å²) in [6.45, 7) is 11.0. The Morgan fingerprint density at radius 2 is 0.506 bits per heavy atom. The molecule has 5 rings (SSSR count). The molecule has 0 atom stereocenters. The number of carboxylic acid groups (broad SMARTS) is 1. The smallest absolute Gasteiger partial charge is 0.343 e. The van der Waals surface area contributed by atoms with Crippen LogP contribution in [0.4, 0.5) is 0 Å². The minimum absolute atomic E-state index is 0.0673. The molecule has 0 amide bonds. The lowest BCUT2D eigenvalue weighted by molar-refractivity contribution is 0.0679. The van der Waals surface area contributed by atoms with Crippen LogP contribution in [0.3, 0.4) is 0 Å². The van der Waals surface area contributed by atoms with E-state index in [1.165, 1.54) is 196 Å². The van der Waals surface area contributed by atoms with Crippen LogP contribution in [0.25, 0.3) is 0 Å². The van der Waals surface area contributed by atoms with Crippen LogP contribution >= 0.6 is 0 Å². The number of ether oxygens (including phenoxy) is 8. The molecule has 486 valence electrons. The van der Waals surface area contributed by atoms with Gasteiger partial charge in [-0.1, -0.05) is 207 Å². The van der Waals surface area contributed by atoms with Crippen molar-refractivity contribution in [2.45, 2.75) is 233 Å². The van der Waals surface area contributed by atoms with E-state index in [-0.39, 0.29) is 50.8 Å². The van der Waals surface area contributed by atoms with Gasteiger partial charge in [0, 0.05) is 6.07 Å². The second kappa shape index (κ2) is 44.2. The van der Waals surface area contributed by atoms with E-state index in [4.69, 9.17) is 37.9 Å². The Labute approximate surface area is 531 Å². The highest BCUT2D eigenvalue weighted by Crippen LogP contribution is 2.33. The maximum atomic E-state index is 13.5. The van der Waals surface area contributed by atoms with Crippen LogP contribution in [0.2, 0.25) is 0 Å². The van der Waals surface area contributed by atoms with Crippen LogP contribution in [0.15, 0.2) is 103 Å². The molecule has 0 heterocycles. The number of benzene rings is 5. The van der Waals surface area contributed by atoms with E-state index < -0.39 is 29.8 Å². The molecule has 0 aliphatic rings. The molecular formula is C75H102O14. The molecule has 0 spiro atoms. The van der Waals surface area contributed by atoms with Crippen molar-refractivity contribution in [3.05, 3.63) is 131 Å². The fourth-order valence-corrected chi connectivity index (χ4v) is 10.2. The van der Waals surface area contributed by atoms with Crippen LogP contribution in [0.1, 0.15) is 285 Å². The first-order valence-electron chi connectivity index (χ1n) is 33.8. The van der Waals surface area contributed by atoms with Crippen molar-refractivity contribution in [2.75, 3.05) is 26.4 Å². The number of unbranched alkanes of at least 4 members (excludes halogenated alkanes) is 28. The first-order valence-corrected chi connectivity index (χ1v) is 33.8. The Kier molecular flexibility index (Phi) is 35.9. The zero-order chi connectivity index (χ0) is 63.5. The molecule has 0 aliphatic carbocycles. The quantitative estimate of drug-likeness (QED) is 0.0221. The van der Waals surface area contributed by atoms with Crippen molar-refractivity contribution >= 4 is 29.8 Å². The highest BCUT2D eigenvalue weighted by Gasteiger charge is 2.20. The summed E-state index contributed by atoms with van der Waals surface area (Å²) in [5.41, 5.74) is 0.360. The molecule has 0 unspecified atom stereocenters. The van der Waals surface area contributed by atoms with Gasteiger partial charge in [0.05, 0.1) is 54.2 Å². The number of hydrogen-bond acceptors (Lipinski definition) is 13. The highest BCUT2D eigenvalue weighted by atomic mass is 16.6. The molecule has 0 aliphatic heterocycles. The van der Waals surface area contributed by atoms with Gasteiger partial charge in [-0.3, -0.25) is 0 Å². The summed E-state index contributed by atoms with van der Waals surface area (Å²) in [7, 11) is 0. The summed E-state index contributed by atoms with van der Waals surface area (Å²) in [5, 5.41) is 9.93. The number of carboxylic acids is 1. The highest BCUT2D eigenvalue weighted by molar-refractivity contribution is 5.95. The maximum Gasteiger partial charge on any atom is 0.343 e. The molecule has 0 aromatic heterocycles. The summed E-state index contributed by atoms with van der Waals surface area (Å²) < 4.78 is 47.4. The maximum absolute atomic E-state index is 13.5. The van der Waals surface area contributed by atoms with Gasteiger partial charge in [-0.05, 0) is 123 Å². The minimum Gasteiger partial charge on any atom is -0.490 e. The third-order valence-corrected chi connectivity index (χ3v) is 15.5. The molecule has 14 heteroatoms. The topological polar surface area (TPSA) is 179 Å². The number of esters is 4. The lowest BCUT2D eigenvalue weighted by atomic mass is 10.1. The molecule has 0 saturated heterocycles. The van der Waals surface area contributed by atoms with Gasteiger partial charge in [0.15, 0.2) is 23.0 Å². The summed E-state index contributed by atoms with van der Waals surface area (Å²) in [5.74, 6) is -2.27. The zero-order valence-electron chi connectivity index (χ0n) is 54.0. The van der Waals surface area contributed by atoms with Crippen LogP contribution < -0.4 is 37.9 Å². The van der Waals surface area contributed by atoms with E-state index >= 15 is 0 Å². The first-order chi connectivity index (χ1) is 43.5. The van der Waals surface area contributed by atoms with Gasteiger partial charge in [0.25, 0.3) is 0 Å². The zero-order valence-corrected chi connectivity index (χ0v) is 54.0. The lowest BCUT2D eigenvalue weighted by Gasteiger charge is -2.14. The lowest BCUT2D eigenvalue weighted by Crippen LogP contribution is -2.12. The SMILES string of the molecule is CCCCCCCCCCOc1ccc(C(=O)Oc2ccc(C(=O)Oc3cc(OC(=O)c4ccc(OC(=O)c5ccc(OCCCCCCCCCC)c(OCCCCCCCCCC)c5)cc4)cc(C(=O)O)c3)cc2)cc1OCCCCCCCCCC.